The summed E-state index contributed by atoms with van der Waals surface area (Å²) < 4.78 is 12.0. The van der Waals surface area contributed by atoms with Crippen molar-refractivity contribution < 1.29 is 14.3 Å². The number of halogens is 2. The maximum absolute atomic E-state index is 12.2. The number of ether oxygens (including phenoxy) is 2. The summed E-state index contributed by atoms with van der Waals surface area (Å²) in [5.74, 6) is 0.606. The first-order valence-electron chi connectivity index (χ1n) is 8.19. The summed E-state index contributed by atoms with van der Waals surface area (Å²) in [6.45, 7) is 5.71. The van der Waals surface area contributed by atoms with Crippen LogP contribution in [0.25, 0.3) is 0 Å². The number of rotatable bonds is 6. The quantitative estimate of drug-likeness (QED) is 0.684. The topological polar surface area (TPSA) is 60.5 Å². The van der Waals surface area contributed by atoms with E-state index in [-0.39, 0.29) is 12.6 Å². The van der Waals surface area contributed by atoms with Crippen LogP contribution in [0.4, 0.5) is 4.79 Å². The molecule has 1 aromatic heterocycles. The largest absolute Gasteiger partial charge is 0.490 e. The number of pyridine rings is 1. The zero-order valence-electron chi connectivity index (χ0n) is 15.0. The molecule has 26 heavy (non-hydrogen) atoms. The number of alkyl carbamates (subject to hydrolysis) is 1. The van der Waals surface area contributed by atoms with Crippen molar-refractivity contribution >= 4 is 33.6 Å². The minimum absolute atomic E-state index is 0.253. The Bertz CT molecular complexity index is 750. The monoisotopic (exact) mass is 440 g/mol. The Morgan fingerprint density at radius 2 is 2.04 bits per heavy atom. The van der Waals surface area contributed by atoms with Gasteiger partial charge in [0.1, 0.15) is 18.0 Å². The number of hydrogen-bond donors (Lipinski definition) is 1. The summed E-state index contributed by atoms with van der Waals surface area (Å²) in [5, 5.41) is 3.50. The van der Waals surface area contributed by atoms with Crippen molar-refractivity contribution in [2.45, 2.75) is 38.8 Å². The molecule has 5 nitrogen and oxygen atoms in total. The number of aromatic nitrogens is 1. The highest BCUT2D eigenvalue weighted by atomic mass is 79.9. The normalized spacial score (nSPS) is 12.3. The molecule has 1 heterocycles. The summed E-state index contributed by atoms with van der Waals surface area (Å²) in [6.07, 6.45) is 3.31. The molecular formula is C19H22BrClN2O3. The van der Waals surface area contributed by atoms with E-state index in [0.717, 1.165) is 10.0 Å². The summed E-state index contributed by atoms with van der Waals surface area (Å²) in [7, 11) is 0. The molecule has 140 valence electrons. The molecule has 1 atom stereocenters. The molecule has 1 N–H and O–H groups in total. The smallest absolute Gasteiger partial charge is 0.408 e. The van der Waals surface area contributed by atoms with Crippen molar-refractivity contribution in [2.24, 2.45) is 0 Å². The average molecular weight is 442 g/mol. The van der Waals surface area contributed by atoms with Gasteiger partial charge in [0.05, 0.1) is 12.2 Å². The van der Waals surface area contributed by atoms with Crippen molar-refractivity contribution in [3.63, 3.8) is 0 Å². The van der Waals surface area contributed by atoms with Crippen LogP contribution in [-0.2, 0) is 11.2 Å². The average Bonchev–Trinajstić information content (AvgIpc) is 2.53. The van der Waals surface area contributed by atoms with Gasteiger partial charge in [0.2, 0.25) is 0 Å². The van der Waals surface area contributed by atoms with Gasteiger partial charge in [0.15, 0.2) is 0 Å². The molecule has 1 amide bonds. The fourth-order valence-corrected chi connectivity index (χ4v) is 2.78. The van der Waals surface area contributed by atoms with Crippen molar-refractivity contribution in [3.8, 4) is 5.75 Å². The lowest BCUT2D eigenvalue weighted by atomic mass is 10.1. The van der Waals surface area contributed by atoms with Crippen molar-refractivity contribution in [2.75, 3.05) is 6.61 Å². The first-order valence-corrected chi connectivity index (χ1v) is 9.36. The lowest BCUT2D eigenvalue weighted by Gasteiger charge is -2.24. The van der Waals surface area contributed by atoms with E-state index in [2.05, 4.69) is 26.2 Å². The Morgan fingerprint density at radius 3 is 2.69 bits per heavy atom. The second-order valence-electron chi connectivity index (χ2n) is 6.79. The van der Waals surface area contributed by atoms with Crippen molar-refractivity contribution in [1.82, 2.24) is 10.3 Å². The van der Waals surface area contributed by atoms with Crippen LogP contribution < -0.4 is 10.1 Å². The van der Waals surface area contributed by atoms with Crippen LogP contribution in [0.15, 0.2) is 47.2 Å². The molecule has 0 aliphatic heterocycles. The molecule has 0 fully saturated rings. The van der Waals surface area contributed by atoms with E-state index < -0.39 is 11.7 Å². The van der Waals surface area contributed by atoms with Crippen LogP contribution in [0.1, 0.15) is 26.3 Å². The summed E-state index contributed by atoms with van der Waals surface area (Å²) in [4.78, 5) is 16.2. The zero-order chi connectivity index (χ0) is 19.2. The minimum atomic E-state index is -0.575. The van der Waals surface area contributed by atoms with Gasteiger partial charge in [-0.05, 0) is 60.8 Å². The molecule has 0 spiro atoms. The minimum Gasteiger partial charge on any atom is -0.490 e. The fraction of sp³-hybridized carbons (Fsp3) is 0.368. The lowest BCUT2D eigenvalue weighted by molar-refractivity contribution is 0.0487. The van der Waals surface area contributed by atoms with Crippen LogP contribution in [0, 0.1) is 0 Å². The van der Waals surface area contributed by atoms with Crippen LogP contribution in [0.3, 0.4) is 0 Å². The molecule has 0 bridgehead atoms. The Kier molecular flexibility index (Phi) is 7.29. The summed E-state index contributed by atoms with van der Waals surface area (Å²) in [6, 6.07) is 9.01. The van der Waals surface area contributed by atoms with Gasteiger partial charge < -0.3 is 14.8 Å². The van der Waals surface area contributed by atoms with Crippen molar-refractivity contribution in [1.29, 1.82) is 0 Å². The van der Waals surface area contributed by atoms with Crippen molar-refractivity contribution in [3.05, 3.63) is 57.8 Å². The highest BCUT2D eigenvalue weighted by Crippen LogP contribution is 2.19. The first kappa shape index (κ1) is 20.5. The molecule has 0 radical (unpaired) electrons. The number of nitrogens with zero attached hydrogens (tertiary/aromatic N) is 1. The van der Waals surface area contributed by atoms with Crippen LogP contribution in [0.2, 0.25) is 5.02 Å². The Hall–Kier alpha value is -1.79. The fourth-order valence-electron chi connectivity index (χ4n) is 2.22. The molecule has 7 heteroatoms. The number of nitrogens with one attached hydrogen (secondary N) is 1. The zero-order valence-corrected chi connectivity index (χ0v) is 17.3. The molecule has 0 saturated carbocycles. The van der Waals surface area contributed by atoms with Gasteiger partial charge in [-0.3, -0.25) is 4.98 Å². The summed E-state index contributed by atoms with van der Waals surface area (Å²) >= 11 is 9.60. The van der Waals surface area contributed by atoms with E-state index in [4.69, 9.17) is 21.1 Å². The second-order valence-corrected chi connectivity index (χ2v) is 8.11. The molecule has 0 saturated heterocycles. The number of carbonyl (C=O) groups excluding carboxylic acids is 1. The molecule has 2 rings (SSSR count). The maximum Gasteiger partial charge on any atom is 0.408 e. The highest BCUT2D eigenvalue weighted by molar-refractivity contribution is 9.10. The number of benzene rings is 1. The van der Waals surface area contributed by atoms with Gasteiger partial charge in [-0.15, -0.1) is 0 Å². The highest BCUT2D eigenvalue weighted by Gasteiger charge is 2.21. The molecule has 1 aromatic carbocycles. The van der Waals surface area contributed by atoms with Gasteiger partial charge in [0.25, 0.3) is 0 Å². The van der Waals surface area contributed by atoms with Gasteiger partial charge >= 0.3 is 6.09 Å². The van der Waals surface area contributed by atoms with Gasteiger partial charge in [0, 0.05) is 15.7 Å². The van der Waals surface area contributed by atoms with E-state index in [9.17, 15) is 4.79 Å². The van der Waals surface area contributed by atoms with Gasteiger partial charge in [-0.25, -0.2) is 4.79 Å². The standard InChI is InChI=1S/C19H22BrClN2O3/c1-19(2,3)26-18(24)23-15(8-13-6-4-5-7-17(13)21)12-25-16-9-14(20)10-22-11-16/h4-7,9-11,15H,8,12H2,1-3H3,(H,23,24)/t15-/m0/s1. The SMILES string of the molecule is CC(C)(C)OC(=O)N[C@H](COc1cncc(Br)c1)Cc1ccccc1Cl. The molecule has 0 aliphatic rings. The molecular weight excluding hydrogens is 420 g/mol. The number of amides is 1. The van der Waals surface area contributed by atoms with E-state index in [1.807, 2.05) is 51.1 Å². The van der Waals surface area contributed by atoms with E-state index >= 15 is 0 Å². The van der Waals surface area contributed by atoms with Crippen LogP contribution in [-0.4, -0.2) is 29.3 Å². The van der Waals surface area contributed by atoms with E-state index in [1.165, 1.54) is 0 Å². The second kappa shape index (κ2) is 9.24. The lowest BCUT2D eigenvalue weighted by Crippen LogP contribution is -2.43. The number of hydrogen-bond acceptors (Lipinski definition) is 4. The first-order chi connectivity index (χ1) is 12.2. The number of carbonyl (C=O) groups is 1. The summed E-state index contributed by atoms with van der Waals surface area (Å²) in [5.41, 5.74) is 0.347. The molecule has 2 aromatic rings. The predicted molar refractivity (Wildman–Crippen MR) is 106 cm³/mol. The van der Waals surface area contributed by atoms with E-state index in [1.54, 1.807) is 12.4 Å². The van der Waals surface area contributed by atoms with E-state index in [0.29, 0.717) is 17.2 Å². The van der Waals surface area contributed by atoms with Gasteiger partial charge in [-0.2, -0.15) is 0 Å². The van der Waals surface area contributed by atoms with Gasteiger partial charge in [-0.1, -0.05) is 29.8 Å². The molecule has 0 unspecified atom stereocenters. The third-order valence-electron chi connectivity index (χ3n) is 3.28. The third-order valence-corrected chi connectivity index (χ3v) is 4.08. The van der Waals surface area contributed by atoms with Crippen LogP contribution in [0.5, 0.6) is 5.75 Å². The maximum atomic E-state index is 12.2. The van der Waals surface area contributed by atoms with Crippen LogP contribution >= 0.6 is 27.5 Å². The Balaban J connectivity index is 2.07. The predicted octanol–water partition coefficient (Wildman–Crippen LogP) is 5.01. The Labute approximate surface area is 167 Å². The molecule has 0 aliphatic carbocycles. The Morgan fingerprint density at radius 1 is 1.31 bits per heavy atom. The third kappa shape index (κ3) is 7.22.